The number of aliphatic imine (C=N–C) groups is 1. The second-order valence-corrected chi connectivity index (χ2v) is 7.59. The zero-order valence-electron chi connectivity index (χ0n) is 14.5. The fourth-order valence-corrected chi connectivity index (χ4v) is 4.21. The van der Waals surface area contributed by atoms with Gasteiger partial charge in [-0.1, -0.05) is 25.3 Å². The van der Waals surface area contributed by atoms with Gasteiger partial charge in [0.15, 0.2) is 0 Å². The van der Waals surface area contributed by atoms with Crippen molar-refractivity contribution in [3.63, 3.8) is 0 Å². The lowest BCUT2D eigenvalue weighted by Gasteiger charge is -2.42. The van der Waals surface area contributed by atoms with E-state index in [0.29, 0.717) is 0 Å². The van der Waals surface area contributed by atoms with Gasteiger partial charge < -0.3 is 9.64 Å². The summed E-state index contributed by atoms with van der Waals surface area (Å²) in [4.78, 5) is 7.02. The van der Waals surface area contributed by atoms with Crippen molar-refractivity contribution >= 4 is 12.0 Å². The first-order chi connectivity index (χ1) is 11.2. The first-order valence-electron chi connectivity index (χ1n) is 9.22. The normalized spacial score (nSPS) is 23.2. The molecule has 2 saturated carbocycles. The van der Waals surface area contributed by atoms with Crippen LogP contribution in [0.3, 0.4) is 0 Å². The molecule has 1 aromatic carbocycles. The third-order valence-electron chi connectivity index (χ3n) is 5.83. The van der Waals surface area contributed by atoms with Gasteiger partial charge in [0.25, 0.3) is 0 Å². The van der Waals surface area contributed by atoms with Crippen molar-refractivity contribution in [3.05, 3.63) is 28.8 Å². The van der Waals surface area contributed by atoms with Crippen LogP contribution < -0.4 is 0 Å². The van der Waals surface area contributed by atoms with E-state index in [1.165, 1.54) is 61.6 Å². The Kier molecular flexibility index (Phi) is 3.92. The van der Waals surface area contributed by atoms with E-state index in [1.54, 1.807) is 0 Å². The molecule has 23 heavy (non-hydrogen) atoms. The molecule has 0 amide bonds. The van der Waals surface area contributed by atoms with Crippen LogP contribution in [0.5, 0.6) is 0 Å². The molecule has 1 heterocycles. The predicted octanol–water partition coefficient (Wildman–Crippen LogP) is 4.48. The SMILES string of the molecule is Cc1cc2c(cc1/N=C/N(C)C1CC1)CCOC21CCCCC1. The maximum atomic E-state index is 6.32. The summed E-state index contributed by atoms with van der Waals surface area (Å²) >= 11 is 0. The Balaban J connectivity index is 1.64. The summed E-state index contributed by atoms with van der Waals surface area (Å²) in [5, 5.41) is 0. The van der Waals surface area contributed by atoms with Gasteiger partial charge in [-0.2, -0.15) is 0 Å². The van der Waals surface area contributed by atoms with E-state index in [-0.39, 0.29) is 5.60 Å². The van der Waals surface area contributed by atoms with Gasteiger partial charge in [0.05, 0.1) is 24.2 Å². The third-order valence-corrected chi connectivity index (χ3v) is 5.83. The summed E-state index contributed by atoms with van der Waals surface area (Å²) in [6.45, 7) is 3.05. The average Bonchev–Trinajstić information content (AvgIpc) is 3.40. The van der Waals surface area contributed by atoms with E-state index in [2.05, 4.69) is 31.0 Å². The maximum Gasteiger partial charge on any atom is 0.0934 e. The molecule has 1 aliphatic heterocycles. The standard InChI is InChI=1S/C20H28N2O/c1-15-12-18-16(8-11-23-20(18)9-4-3-5-10-20)13-19(15)21-14-22(2)17-6-7-17/h12-14,17H,3-11H2,1-2H3/b21-14+. The zero-order chi connectivity index (χ0) is 15.9. The number of benzene rings is 1. The van der Waals surface area contributed by atoms with E-state index in [0.717, 1.165) is 24.8 Å². The Hall–Kier alpha value is -1.35. The van der Waals surface area contributed by atoms with Gasteiger partial charge in [0, 0.05) is 13.1 Å². The van der Waals surface area contributed by atoms with Crippen LogP contribution in [0.2, 0.25) is 0 Å². The van der Waals surface area contributed by atoms with Crippen LogP contribution in [0.1, 0.15) is 61.6 Å². The molecule has 0 bridgehead atoms. The van der Waals surface area contributed by atoms with Gasteiger partial charge >= 0.3 is 0 Å². The summed E-state index contributed by atoms with van der Waals surface area (Å²) in [6, 6.07) is 5.40. The molecule has 3 heteroatoms. The first kappa shape index (κ1) is 15.2. The van der Waals surface area contributed by atoms with E-state index in [1.807, 2.05) is 6.34 Å². The highest BCUT2D eigenvalue weighted by Crippen LogP contribution is 2.45. The second kappa shape index (κ2) is 5.94. The van der Waals surface area contributed by atoms with E-state index in [9.17, 15) is 0 Å². The van der Waals surface area contributed by atoms with E-state index >= 15 is 0 Å². The molecule has 3 aliphatic rings. The Morgan fingerprint density at radius 2 is 2.00 bits per heavy atom. The van der Waals surface area contributed by atoms with Crippen molar-refractivity contribution in [2.45, 2.75) is 69.9 Å². The Morgan fingerprint density at radius 3 is 2.74 bits per heavy atom. The van der Waals surface area contributed by atoms with E-state index < -0.39 is 0 Å². The Labute approximate surface area is 139 Å². The number of rotatable bonds is 3. The van der Waals surface area contributed by atoms with E-state index in [4.69, 9.17) is 9.73 Å². The number of hydrogen-bond acceptors (Lipinski definition) is 2. The van der Waals surface area contributed by atoms with Crippen molar-refractivity contribution in [2.75, 3.05) is 13.7 Å². The topological polar surface area (TPSA) is 24.8 Å². The summed E-state index contributed by atoms with van der Waals surface area (Å²) < 4.78 is 6.32. The van der Waals surface area contributed by atoms with Crippen molar-refractivity contribution in [2.24, 2.45) is 4.99 Å². The minimum atomic E-state index is 0.00361. The monoisotopic (exact) mass is 312 g/mol. The summed E-state index contributed by atoms with van der Waals surface area (Å²) in [5.41, 5.74) is 5.33. The quantitative estimate of drug-likeness (QED) is 0.607. The minimum absolute atomic E-state index is 0.00361. The van der Waals surface area contributed by atoms with Gasteiger partial charge in [-0.05, 0) is 61.8 Å². The molecule has 0 radical (unpaired) electrons. The van der Waals surface area contributed by atoms with Crippen molar-refractivity contribution < 1.29 is 4.74 Å². The van der Waals surface area contributed by atoms with Crippen LogP contribution >= 0.6 is 0 Å². The molecule has 3 nitrogen and oxygen atoms in total. The molecule has 1 spiro atoms. The fraction of sp³-hybridized carbons (Fsp3) is 0.650. The predicted molar refractivity (Wildman–Crippen MR) is 94.5 cm³/mol. The Morgan fingerprint density at radius 1 is 1.22 bits per heavy atom. The highest BCUT2D eigenvalue weighted by Gasteiger charge is 2.39. The molecule has 0 saturated heterocycles. The number of aryl methyl sites for hydroxylation is 1. The molecule has 0 aromatic heterocycles. The van der Waals surface area contributed by atoms with Crippen molar-refractivity contribution in [1.29, 1.82) is 0 Å². The number of ether oxygens (including phenoxy) is 1. The molecular weight excluding hydrogens is 284 g/mol. The maximum absolute atomic E-state index is 6.32. The van der Waals surface area contributed by atoms with Crippen LogP contribution in [-0.2, 0) is 16.8 Å². The van der Waals surface area contributed by atoms with Crippen LogP contribution in [0.4, 0.5) is 5.69 Å². The van der Waals surface area contributed by atoms with Crippen LogP contribution in [0.15, 0.2) is 17.1 Å². The highest BCUT2D eigenvalue weighted by atomic mass is 16.5. The fourth-order valence-electron chi connectivity index (χ4n) is 4.21. The smallest absolute Gasteiger partial charge is 0.0934 e. The van der Waals surface area contributed by atoms with Gasteiger partial charge in [0.2, 0.25) is 0 Å². The van der Waals surface area contributed by atoms with Crippen molar-refractivity contribution in [1.82, 2.24) is 4.90 Å². The molecule has 0 unspecified atom stereocenters. The van der Waals surface area contributed by atoms with Crippen LogP contribution in [0, 0.1) is 6.92 Å². The molecular formula is C20H28N2O. The lowest BCUT2D eigenvalue weighted by molar-refractivity contribution is -0.0847. The summed E-state index contributed by atoms with van der Waals surface area (Å²) in [6.07, 6.45) is 12.0. The first-order valence-corrected chi connectivity index (χ1v) is 9.22. The second-order valence-electron chi connectivity index (χ2n) is 7.59. The Bertz CT molecular complexity index is 612. The summed E-state index contributed by atoms with van der Waals surface area (Å²) in [5.74, 6) is 0. The molecule has 2 aliphatic carbocycles. The molecule has 0 N–H and O–H groups in total. The summed E-state index contributed by atoms with van der Waals surface area (Å²) in [7, 11) is 2.14. The molecule has 1 aromatic rings. The third kappa shape index (κ3) is 2.91. The zero-order valence-corrected chi connectivity index (χ0v) is 14.5. The van der Waals surface area contributed by atoms with Gasteiger partial charge in [0.1, 0.15) is 0 Å². The number of nitrogens with zero attached hydrogens (tertiary/aromatic N) is 2. The minimum Gasteiger partial charge on any atom is -0.370 e. The lowest BCUT2D eigenvalue weighted by atomic mass is 9.75. The van der Waals surface area contributed by atoms with Gasteiger partial charge in [-0.25, -0.2) is 4.99 Å². The average molecular weight is 312 g/mol. The van der Waals surface area contributed by atoms with Gasteiger partial charge in [-0.15, -0.1) is 0 Å². The van der Waals surface area contributed by atoms with Crippen molar-refractivity contribution in [3.8, 4) is 0 Å². The molecule has 0 atom stereocenters. The largest absolute Gasteiger partial charge is 0.370 e. The number of hydrogen-bond donors (Lipinski definition) is 0. The number of fused-ring (bicyclic) bond motifs is 2. The molecule has 124 valence electrons. The van der Waals surface area contributed by atoms with Crippen LogP contribution in [-0.4, -0.2) is 30.9 Å². The van der Waals surface area contributed by atoms with Gasteiger partial charge in [-0.3, -0.25) is 0 Å². The molecule has 4 rings (SSSR count). The molecule has 2 fully saturated rings. The highest BCUT2D eigenvalue weighted by molar-refractivity contribution is 5.65. The lowest BCUT2D eigenvalue weighted by Crippen LogP contribution is -2.37. The van der Waals surface area contributed by atoms with Crippen LogP contribution in [0.25, 0.3) is 0 Å².